The fourth-order valence-corrected chi connectivity index (χ4v) is 3.97. The van der Waals surface area contributed by atoms with Gasteiger partial charge in [-0.15, -0.1) is 0 Å². The molecule has 8 heteroatoms. The van der Waals surface area contributed by atoms with E-state index in [0.29, 0.717) is 31.0 Å². The molecule has 1 fully saturated rings. The Morgan fingerprint density at radius 3 is 2.31 bits per heavy atom. The molecular formula is C21H20F2N2O4. The Labute approximate surface area is 166 Å². The normalized spacial score (nSPS) is 19.4. The summed E-state index contributed by atoms with van der Waals surface area (Å²) >= 11 is 0. The summed E-state index contributed by atoms with van der Waals surface area (Å²) in [5.41, 5.74) is 2.15. The van der Waals surface area contributed by atoms with E-state index >= 15 is 0 Å². The molecule has 0 N–H and O–H groups in total. The van der Waals surface area contributed by atoms with Gasteiger partial charge in [0.05, 0.1) is 32.4 Å². The molecule has 2 aromatic rings. The van der Waals surface area contributed by atoms with Crippen molar-refractivity contribution in [2.75, 3.05) is 25.7 Å². The molecule has 4 rings (SSSR count). The third kappa shape index (κ3) is 3.33. The van der Waals surface area contributed by atoms with Crippen molar-refractivity contribution in [3.05, 3.63) is 53.1 Å². The molecule has 1 atom stereocenters. The molecule has 29 heavy (non-hydrogen) atoms. The first-order chi connectivity index (χ1) is 13.9. The number of ether oxygens (including phenoxy) is 2. The number of fused-ring (bicyclic) bond motifs is 1. The lowest BCUT2D eigenvalue weighted by atomic mass is 9.97. The largest absolute Gasteiger partial charge is 0.493 e. The average molecular weight is 402 g/mol. The lowest BCUT2D eigenvalue weighted by molar-refractivity contribution is -0.123. The Morgan fingerprint density at radius 1 is 0.966 bits per heavy atom. The highest BCUT2D eigenvalue weighted by Gasteiger charge is 2.43. The number of anilines is 1. The van der Waals surface area contributed by atoms with Crippen LogP contribution in [0.4, 0.5) is 14.5 Å². The van der Waals surface area contributed by atoms with Crippen molar-refractivity contribution in [2.24, 2.45) is 0 Å². The van der Waals surface area contributed by atoms with Crippen molar-refractivity contribution in [3.63, 3.8) is 0 Å². The van der Waals surface area contributed by atoms with Crippen molar-refractivity contribution in [1.82, 2.24) is 4.90 Å². The number of halogens is 2. The second kappa shape index (κ2) is 7.44. The first-order valence-corrected chi connectivity index (χ1v) is 9.22. The number of hydrogen-bond donors (Lipinski definition) is 0. The molecule has 2 heterocycles. The number of methoxy groups -OCH3 is 2. The number of imide groups is 1. The van der Waals surface area contributed by atoms with E-state index < -0.39 is 29.5 Å². The summed E-state index contributed by atoms with van der Waals surface area (Å²) in [6.07, 6.45) is 0.694. The van der Waals surface area contributed by atoms with Gasteiger partial charge >= 0.3 is 0 Å². The molecule has 2 aliphatic heterocycles. The Kier molecular flexibility index (Phi) is 4.96. The van der Waals surface area contributed by atoms with Gasteiger partial charge in [0, 0.05) is 19.2 Å². The molecule has 0 saturated carbocycles. The Morgan fingerprint density at radius 2 is 1.66 bits per heavy atom. The lowest BCUT2D eigenvalue weighted by Crippen LogP contribution is -2.44. The van der Waals surface area contributed by atoms with Gasteiger partial charge in [0.1, 0.15) is 0 Å². The van der Waals surface area contributed by atoms with Crippen molar-refractivity contribution >= 4 is 17.5 Å². The molecule has 6 nitrogen and oxygen atoms in total. The maximum absolute atomic E-state index is 13.6. The van der Waals surface area contributed by atoms with Crippen LogP contribution in [0.2, 0.25) is 0 Å². The third-order valence-corrected chi connectivity index (χ3v) is 5.47. The molecule has 0 aliphatic carbocycles. The van der Waals surface area contributed by atoms with Crippen molar-refractivity contribution in [3.8, 4) is 11.5 Å². The Hall–Kier alpha value is -3.00. The first-order valence-electron chi connectivity index (χ1n) is 9.22. The molecule has 0 radical (unpaired) electrons. The summed E-state index contributed by atoms with van der Waals surface area (Å²) in [5.74, 6) is -1.73. The van der Waals surface area contributed by atoms with Gasteiger partial charge in [-0.2, -0.15) is 0 Å². The Bertz CT molecular complexity index is 995. The van der Waals surface area contributed by atoms with E-state index in [1.165, 1.54) is 6.07 Å². The number of carbonyl (C=O) groups excluding carboxylic acids is 2. The number of hydrogen-bond acceptors (Lipinski definition) is 5. The van der Waals surface area contributed by atoms with Gasteiger partial charge in [0.25, 0.3) is 5.91 Å². The van der Waals surface area contributed by atoms with Crippen molar-refractivity contribution in [1.29, 1.82) is 0 Å². The van der Waals surface area contributed by atoms with Crippen LogP contribution in [0.15, 0.2) is 30.3 Å². The first kappa shape index (κ1) is 19.3. The molecule has 0 spiro atoms. The van der Waals surface area contributed by atoms with Gasteiger partial charge in [-0.25, -0.2) is 13.7 Å². The van der Waals surface area contributed by atoms with Crippen LogP contribution in [0.5, 0.6) is 11.5 Å². The van der Waals surface area contributed by atoms with E-state index in [2.05, 4.69) is 0 Å². The van der Waals surface area contributed by atoms with E-state index in [9.17, 15) is 18.4 Å². The fourth-order valence-electron chi connectivity index (χ4n) is 3.97. The summed E-state index contributed by atoms with van der Waals surface area (Å²) in [7, 11) is 3.14. The smallest absolute Gasteiger partial charge is 0.251 e. The zero-order valence-electron chi connectivity index (χ0n) is 16.1. The fraction of sp³-hybridized carbons (Fsp3) is 0.333. The van der Waals surface area contributed by atoms with Gasteiger partial charge in [-0.1, -0.05) is 0 Å². The van der Waals surface area contributed by atoms with E-state index in [-0.39, 0.29) is 12.1 Å². The van der Waals surface area contributed by atoms with E-state index in [0.717, 1.165) is 28.2 Å². The second-order valence-electron chi connectivity index (χ2n) is 7.08. The van der Waals surface area contributed by atoms with Gasteiger partial charge < -0.3 is 9.47 Å². The summed E-state index contributed by atoms with van der Waals surface area (Å²) < 4.78 is 37.5. The average Bonchev–Trinajstić information content (AvgIpc) is 3.02. The van der Waals surface area contributed by atoms with E-state index in [1.54, 1.807) is 14.2 Å². The number of carbonyl (C=O) groups is 2. The number of nitrogens with zero attached hydrogens (tertiary/aromatic N) is 2. The maximum Gasteiger partial charge on any atom is 0.251 e. The van der Waals surface area contributed by atoms with Crippen LogP contribution in [0, 0.1) is 11.6 Å². The molecule has 2 amide bonds. The summed E-state index contributed by atoms with van der Waals surface area (Å²) in [6, 6.07) is 6.19. The highest BCUT2D eigenvalue weighted by atomic mass is 19.2. The van der Waals surface area contributed by atoms with Crippen LogP contribution in [-0.2, 0) is 22.6 Å². The molecule has 2 aliphatic rings. The van der Waals surface area contributed by atoms with Crippen LogP contribution in [0.3, 0.4) is 0 Å². The van der Waals surface area contributed by atoms with Crippen molar-refractivity contribution in [2.45, 2.75) is 25.4 Å². The zero-order chi connectivity index (χ0) is 20.7. The monoisotopic (exact) mass is 402 g/mol. The number of benzene rings is 2. The predicted octanol–water partition coefficient (Wildman–Crippen LogP) is 2.67. The van der Waals surface area contributed by atoms with Crippen molar-refractivity contribution < 1.29 is 27.8 Å². The van der Waals surface area contributed by atoms with Gasteiger partial charge in [0.15, 0.2) is 23.1 Å². The molecule has 2 aromatic carbocycles. The maximum atomic E-state index is 13.6. The van der Waals surface area contributed by atoms with Crippen LogP contribution < -0.4 is 14.4 Å². The van der Waals surface area contributed by atoms with E-state index in [1.807, 2.05) is 17.0 Å². The zero-order valence-corrected chi connectivity index (χ0v) is 16.1. The predicted molar refractivity (Wildman–Crippen MR) is 101 cm³/mol. The van der Waals surface area contributed by atoms with E-state index in [4.69, 9.17) is 9.47 Å². The van der Waals surface area contributed by atoms with Crippen LogP contribution in [0.1, 0.15) is 17.5 Å². The molecule has 152 valence electrons. The quantitative estimate of drug-likeness (QED) is 0.736. The van der Waals surface area contributed by atoms with Gasteiger partial charge in [-0.05, 0) is 41.8 Å². The van der Waals surface area contributed by atoms with Gasteiger partial charge in [-0.3, -0.25) is 14.5 Å². The molecule has 0 aromatic heterocycles. The van der Waals surface area contributed by atoms with Crippen LogP contribution in [-0.4, -0.2) is 43.5 Å². The summed E-state index contributed by atoms with van der Waals surface area (Å²) in [5, 5.41) is 0. The van der Waals surface area contributed by atoms with Crippen LogP contribution >= 0.6 is 0 Å². The van der Waals surface area contributed by atoms with Crippen LogP contribution in [0.25, 0.3) is 0 Å². The summed E-state index contributed by atoms with van der Waals surface area (Å²) in [6.45, 7) is 1.07. The molecule has 1 saturated heterocycles. The topological polar surface area (TPSA) is 59.1 Å². The highest BCUT2D eigenvalue weighted by Crippen LogP contribution is 2.35. The SMILES string of the molecule is COc1cc2c(cc1OC)CN([C@H]1CC(=O)N(c3ccc(F)c(F)c3)C1=O)CC2. The lowest BCUT2D eigenvalue weighted by Gasteiger charge is -2.32. The molecular weight excluding hydrogens is 382 g/mol. The van der Waals surface area contributed by atoms with Gasteiger partial charge in [0.2, 0.25) is 5.91 Å². The number of amides is 2. The standard InChI is InChI=1S/C21H20F2N2O4/c1-28-18-7-12-5-6-24(11-13(12)8-19(18)29-2)17-10-20(26)25(21(17)27)14-3-4-15(22)16(23)9-14/h3-4,7-9,17H,5-6,10-11H2,1-2H3/t17-/m0/s1. The minimum absolute atomic E-state index is 0.000448. The summed E-state index contributed by atoms with van der Waals surface area (Å²) in [4.78, 5) is 28.3. The second-order valence-corrected chi connectivity index (χ2v) is 7.08. The molecule has 0 unspecified atom stereocenters. The third-order valence-electron chi connectivity index (χ3n) is 5.47. The minimum atomic E-state index is -1.10. The number of rotatable bonds is 4. The highest BCUT2D eigenvalue weighted by molar-refractivity contribution is 6.22. The Balaban J connectivity index is 1.58. The molecule has 0 bridgehead atoms. The minimum Gasteiger partial charge on any atom is -0.493 e.